The van der Waals surface area contributed by atoms with E-state index in [2.05, 4.69) is 28.5 Å². The molecule has 0 aliphatic heterocycles. The predicted molar refractivity (Wildman–Crippen MR) is 90.2 cm³/mol. The standard InChI is InChI=1S/C14H27FN2O4P2/c15-21-12-9(18)11(13(22)10(19)14(12)23)20-6-7-2-1-3-8(17-16)5-4-7/h7-14,16,18-19H,1-6,22-23H2. The van der Waals surface area contributed by atoms with E-state index in [0.717, 1.165) is 32.1 Å². The van der Waals surface area contributed by atoms with Gasteiger partial charge in [0.2, 0.25) is 0 Å². The highest BCUT2D eigenvalue weighted by molar-refractivity contribution is 7.19. The van der Waals surface area contributed by atoms with Crippen molar-refractivity contribution < 1.29 is 24.4 Å². The summed E-state index contributed by atoms with van der Waals surface area (Å²) < 4.78 is 18.6. The van der Waals surface area contributed by atoms with Crippen molar-refractivity contribution in [3.8, 4) is 0 Å². The SMILES string of the molecule is N=NC1CCCC(COC2C(O)C(OF)C(P)C(O)C2P)CC1. The van der Waals surface area contributed by atoms with Gasteiger partial charge in [0.1, 0.15) is 12.2 Å². The van der Waals surface area contributed by atoms with E-state index in [1.165, 1.54) is 0 Å². The van der Waals surface area contributed by atoms with Crippen LogP contribution < -0.4 is 0 Å². The number of nitrogens with zero attached hydrogens (tertiary/aromatic N) is 1. The summed E-state index contributed by atoms with van der Waals surface area (Å²) in [7, 11) is 4.82. The first-order valence-corrected chi connectivity index (χ1v) is 9.45. The quantitative estimate of drug-likeness (QED) is 0.392. The van der Waals surface area contributed by atoms with Gasteiger partial charge in [-0.2, -0.15) is 10.1 Å². The minimum absolute atomic E-state index is 0.110. The second-order valence-corrected chi connectivity index (χ2v) is 8.18. The molecule has 2 aliphatic rings. The molecule has 10 unspecified atom stereocenters. The second kappa shape index (κ2) is 9.07. The van der Waals surface area contributed by atoms with Crippen molar-refractivity contribution in [2.24, 2.45) is 11.0 Å². The lowest BCUT2D eigenvalue weighted by molar-refractivity contribution is -0.245. The van der Waals surface area contributed by atoms with E-state index in [9.17, 15) is 14.7 Å². The van der Waals surface area contributed by atoms with Crippen LogP contribution in [0.3, 0.4) is 0 Å². The van der Waals surface area contributed by atoms with Crippen molar-refractivity contribution in [1.29, 1.82) is 5.53 Å². The maximum Gasteiger partial charge on any atom is 0.135 e. The fraction of sp³-hybridized carbons (Fsp3) is 1.00. The smallest absolute Gasteiger partial charge is 0.135 e. The number of nitrogens with one attached hydrogen (secondary N) is 1. The van der Waals surface area contributed by atoms with E-state index in [0.29, 0.717) is 12.5 Å². The summed E-state index contributed by atoms with van der Waals surface area (Å²) in [6, 6.07) is 0.110. The Bertz CT molecular complexity index is 396. The highest BCUT2D eigenvalue weighted by atomic mass is 31.0. The monoisotopic (exact) mass is 368 g/mol. The molecule has 0 spiro atoms. The van der Waals surface area contributed by atoms with E-state index in [1.807, 2.05) is 0 Å². The first-order chi connectivity index (χ1) is 11.0. The molecule has 0 bridgehead atoms. The van der Waals surface area contributed by atoms with E-state index < -0.39 is 30.1 Å². The predicted octanol–water partition coefficient (Wildman–Crippen LogP) is 1.84. The average Bonchev–Trinajstić information content (AvgIpc) is 2.78. The van der Waals surface area contributed by atoms with Crippen molar-refractivity contribution in [2.45, 2.75) is 73.9 Å². The van der Waals surface area contributed by atoms with Crippen molar-refractivity contribution in [1.82, 2.24) is 0 Å². The number of halogens is 1. The summed E-state index contributed by atoms with van der Waals surface area (Å²) in [5.74, 6) is 0.335. The summed E-state index contributed by atoms with van der Waals surface area (Å²) >= 11 is 0. The summed E-state index contributed by atoms with van der Waals surface area (Å²) in [5.41, 5.74) is 6.16. The lowest BCUT2D eigenvalue weighted by Crippen LogP contribution is -2.61. The molecule has 10 atom stereocenters. The Morgan fingerprint density at radius 3 is 2.39 bits per heavy atom. The molecule has 2 saturated carbocycles. The molecule has 0 saturated heterocycles. The van der Waals surface area contributed by atoms with Gasteiger partial charge in [0, 0.05) is 17.9 Å². The van der Waals surface area contributed by atoms with E-state index in [4.69, 9.17) is 10.3 Å². The molecule has 3 N–H and O–H groups in total. The fourth-order valence-corrected chi connectivity index (χ4v) is 4.91. The number of aliphatic hydroxyl groups excluding tert-OH is 2. The molecule has 0 aromatic rings. The van der Waals surface area contributed by atoms with E-state index in [-0.39, 0.29) is 11.7 Å². The highest BCUT2D eigenvalue weighted by Gasteiger charge is 2.48. The summed E-state index contributed by atoms with van der Waals surface area (Å²) in [4.78, 5) is 3.85. The summed E-state index contributed by atoms with van der Waals surface area (Å²) in [5, 5.41) is 24.1. The number of rotatable bonds is 5. The molecule has 2 fully saturated rings. The van der Waals surface area contributed by atoms with Gasteiger partial charge in [-0.25, -0.2) is 5.53 Å². The van der Waals surface area contributed by atoms with E-state index in [1.54, 1.807) is 0 Å². The van der Waals surface area contributed by atoms with Crippen molar-refractivity contribution in [2.75, 3.05) is 6.61 Å². The van der Waals surface area contributed by atoms with Gasteiger partial charge in [-0.05, 0) is 36.1 Å². The van der Waals surface area contributed by atoms with Crippen LogP contribution in [0.4, 0.5) is 4.53 Å². The van der Waals surface area contributed by atoms with Crippen LogP contribution in [0.2, 0.25) is 0 Å². The van der Waals surface area contributed by atoms with Crippen LogP contribution >= 0.6 is 18.5 Å². The highest BCUT2D eigenvalue weighted by Crippen LogP contribution is 2.35. The van der Waals surface area contributed by atoms with Crippen molar-refractivity contribution >= 4 is 18.5 Å². The van der Waals surface area contributed by atoms with Gasteiger partial charge >= 0.3 is 0 Å². The van der Waals surface area contributed by atoms with Gasteiger partial charge < -0.3 is 14.9 Å². The molecule has 2 rings (SSSR count). The van der Waals surface area contributed by atoms with Crippen LogP contribution in [0.5, 0.6) is 0 Å². The Hall–Kier alpha value is 0.230. The Kier molecular flexibility index (Phi) is 7.71. The van der Waals surface area contributed by atoms with Gasteiger partial charge in [0.25, 0.3) is 0 Å². The Balaban J connectivity index is 1.91. The van der Waals surface area contributed by atoms with Crippen molar-refractivity contribution in [3.05, 3.63) is 0 Å². The summed E-state index contributed by atoms with van der Waals surface area (Å²) in [6.07, 6.45) is 0.958. The Labute approximate surface area is 140 Å². The zero-order valence-electron chi connectivity index (χ0n) is 13.1. The van der Waals surface area contributed by atoms with E-state index >= 15 is 0 Å². The maximum absolute atomic E-state index is 12.7. The molecule has 134 valence electrons. The lowest BCUT2D eigenvalue weighted by Gasteiger charge is -2.43. The van der Waals surface area contributed by atoms with Gasteiger partial charge in [0.15, 0.2) is 0 Å². The average molecular weight is 368 g/mol. The van der Waals surface area contributed by atoms with Gasteiger partial charge in [-0.15, -0.1) is 18.5 Å². The van der Waals surface area contributed by atoms with Crippen LogP contribution in [0.15, 0.2) is 5.11 Å². The third-order valence-electron chi connectivity index (χ3n) is 5.09. The van der Waals surface area contributed by atoms with Gasteiger partial charge in [0.05, 0.1) is 18.2 Å². The van der Waals surface area contributed by atoms with Crippen LogP contribution in [0.25, 0.3) is 0 Å². The number of hydrogen-bond donors (Lipinski definition) is 3. The zero-order chi connectivity index (χ0) is 17.0. The third kappa shape index (κ3) is 4.65. The lowest BCUT2D eigenvalue weighted by atomic mass is 9.88. The molecule has 2 aliphatic carbocycles. The number of ether oxygens (including phenoxy) is 1. The molecular weight excluding hydrogens is 341 g/mol. The van der Waals surface area contributed by atoms with Crippen LogP contribution in [-0.4, -0.2) is 58.6 Å². The Morgan fingerprint density at radius 1 is 1.04 bits per heavy atom. The molecular formula is C14H27FN2O4P2. The third-order valence-corrected chi connectivity index (χ3v) is 6.64. The largest absolute Gasteiger partial charge is 0.392 e. The first-order valence-electron chi connectivity index (χ1n) is 8.12. The molecule has 0 aromatic heterocycles. The van der Waals surface area contributed by atoms with Crippen LogP contribution in [0, 0.1) is 11.4 Å². The number of hydrogen-bond acceptors (Lipinski definition) is 6. The topological polar surface area (TPSA) is 95.1 Å². The molecule has 0 heterocycles. The molecule has 9 heteroatoms. The Morgan fingerprint density at radius 2 is 1.74 bits per heavy atom. The summed E-state index contributed by atoms with van der Waals surface area (Å²) in [6.45, 7) is 0.449. The molecule has 0 radical (unpaired) electrons. The number of aliphatic hydroxyl groups is 2. The maximum atomic E-state index is 12.7. The normalized spacial score (nSPS) is 45.4. The van der Waals surface area contributed by atoms with Crippen LogP contribution in [-0.2, 0) is 9.68 Å². The minimum atomic E-state index is -1.13. The van der Waals surface area contributed by atoms with Crippen LogP contribution in [0.1, 0.15) is 32.1 Å². The zero-order valence-corrected chi connectivity index (χ0v) is 15.4. The molecule has 6 nitrogen and oxygen atoms in total. The second-order valence-electron chi connectivity index (χ2n) is 6.64. The van der Waals surface area contributed by atoms with Gasteiger partial charge in [-0.1, -0.05) is 6.42 Å². The molecule has 0 aromatic carbocycles. The molecule has 23 heavy (non-hydrogen) atoms. The minimum Gasteiger partial charge on any atom is -0.392 e. The van der Waals surface area contributed by atoms with Gasteiger partial charge in [-0.3, -0.25) is 0 Å². The first kappa shape index (κ1) is 19.6. The fourth-order valence-electron chi connectivity index (χ4n) is 3.51. The van der Waals surface area contributed by atoms with Crippen molar-refractivity contribution in [3.63, 3.8) is 0 Å². The molecule has 0 amide bonds.